The summed E-state index contributed by atoms with van der Waals surface area (Å²) in [7, 11) is 0. The summed E-state index contributed by atoms with van der Waals surface area (Å²) in [6, 6.07) is 19.4. The van der Waals surface area contributed by atoms with E-state index in [1.807, 2.05) is 18.2 Å². The zero-order valence-electron chi connectivity index (χ0n) is 15.9. The van der Waals surface area contributed by atoms with E-state index in [0.29, 0.717) is 6.04 Å². The van der Waals surface area contributed by atoms with Crippen LogP contribution in [0.2, 0.25) is 0 Å². The van der Waals surface area contributed by atoms with E-state index in [-0.39, 0.29) is 0 Å². The Bertz CT molecular complexity index is 897. The molecule has 1 aliphatic carbocycles. The predicted octanol–water partition coefficient (Wildman–Crippen LogP) is 5.77. The summed E-state index contributed by atoms with van der Waals surface area (Å²) in [6.45, 7) is 0.742. The highest BCUT2D eigenvalue weighted by Gasteiger charge is 2.13. The van der Waals surface area contributed by atoms with Crippen LogP contribution in [0.15, 0.2) is 60.0 Å². The van der Waals surface area contributed by atoms with Gasteiger partial charge in [-0.2, -0.15) is 0 Å². The molecule has 0 radical (unpaired) electrons. The average molecular weight is 408 g/mol. The fraction of sp³-hybridized carbons (Fsp3) is 0.304. The lowest BCUT2D eigenvalue weighted by molar-refractivity contribution is 0.412. The lowest BCUT2D eigenvalue weighted by atomic mass is 9.96. The third-order valence-corrected chi connectivity index (χ3v) is 6.32. The van der Waals surface area contributed by atoms with Gasteiger partial charge in [0.15, 0.2) is 5.11 Å². The molecule has 144 valence electrons. The molecule has 0 saturated heterocycles. The molecule has 0 amide bonds. The Hall–Kier alpha value is -2.24. The molecular weight excluding hydrogens is 382 g/mol. The Labute approximate surface area is 176 Å². The number of nitrogens with zero attached hydrogens (tertiary/aromatic N) is 1. The van der Waals surface area contributed by atoms with Gasteiger partial charge in [-0.3, -0.25) is 0 Å². The van der Waals surface area contributed by atoms with E-state index in [9.17, 15) is 0 Å². The van der Waals surface area contributed by atoms with Crippen LogP contribution < -0.4 is 10.6 Å². The van der Waals surface area contributed by atoms with Crippen LogP contribution in [-0.4, -0.2) is 16.1 Å². The minimum Gasteiger partial charge on any atom is -0.360 e. The summed E-state index contributed by atoms with van der Waals surface area (Å²) >= 11 is 7.14. The third-order valence-electron chi connectivity index (χ3n) is 5.17. The zero-order valence-corrected chi connectivity index (χ0v) is 17.5. The molecule has 1 heterocycles. The lowest BCUT2D eigenvalue weighted by Gasteiger charge is -2.24. The molecule has 0 unspecified atom stereocenters. The summed E-state index contributed by atoms with van der Waals surface area (Å²) in [5, 5.41) is 10.7. The van der Waals surface area contributed by atoms with E-state index < -0.39 is 0 Å². The second kappa shape index (κ2) is 9.30. The molecule has 3 nitrogen and oxygen atoms in total. The standard InChI is InChI=1S/C23H25N3S2/c27-23(25-20-9-5-2-6-10-20)24-15-17-11-13-19(14-12-17)22-26-21(16-28-22)18-7-3-1-4-8-18/h1,3-4,7-8,11-14,16,20H,2,5-6,9-10,15H2,(H2,24,25,27). The van der Waals surface area contributed by atoms with E-state index in [4.69, 9.17) is 17.2 Å². The number of hydrogen-bond acceptors (Lipinski definition) is 3. The third kappa shape index (κ3) is 4.97. The maximum absolute atomic E-state index is 5.45. The minimum absolute atomic E-state index is 0.542. The topological polar surface area (TPSA) is 37.0 Å². The molecule has 5 heteroatoms. The minimum atomic E-state index is 0.542. The molecule has 1 fully saturated rings. The molecule has 0 bridgehead atoms. The van der Waals surface area contributed by atoms with E-state index in [2.05, 4.69) is 52.4 Å². The van der Waals surface area contributed by atoms with Gasteiger partial charge >= 0.3 is 0 Å². The van der Waals surface area contributed by atoms with Crippen molar-refractivity contribution < 1.29 is 0 Å². The van der Waals surface area contributed by atoms with Gasteiger partial charge in [0.05, 0.1) is 5.69 Å². The summed E-state index contributed by atoms with van der Waals surface area (Å²) in [4.78, 5) is 4.79. The van der Waals surface area contributed by atoms with Gasteiger partial charge in [-0.1, -0.05) is 73.9 Å². The van der Waals surface area contributed by atoms with Crippen LogP contribution in [0.25, 0.3) is 21.8 Å². The Kier molecular flexibility index (Phi) is 6.34. The van der Waals surface area contributed by atoms with Crippen LogP contribution in [0, 0.1) is 0 Å². The molecule has 2 aromatic carbocycles. The maximum atomic E-state index is 5.45. The van der Waals surface area contributed by atoms with Crippen LogP contribution >= 0.6 is 23.6 Å². The van der Waals surface area contributed by atoms with Gasteiger partial charge in [-0.25, -0.2) is 4.98 Å². The monoisotopic (exact) mass is 407 g/mol. The van der Waals surface area contributed by atoms with Crippen molar-refractivity contribution in [3.8, 4) is 21.8 Å². The number of hydrogen-bond donors (Lipinski definition) is 2. The summed E-state index contributed by atoms with van der Waals surface area (Å²) in [6.07, 6.45) is 6.44. The fourth-order valence-corrected chi connectivity index (χ4v) is 4.65. The Morgan fingerprint density at radius 2 is 1.71 bits per heavy atom. The van der Waals surface area contributed by atoms with Gasteiger partial charge in [-0.15, -0.1) is 11.3 Å². The van der Waals surface area contributed by atoms with Gasteiger partial charge in [-0.05, 0) is 30.6 Å². The van der Waals surface area contributed by atoms with Crippen molar-refractivity contribution >= 4 is 28.7 Å². The maximum Gasteiger partial charge on any atom is 0.166 e. The number of rotatable bonds is 5. The molecule has 0 atom stereocenters. The summed E-state index contributed by atoms with van der Waals surface area (Å²) in [5.74, 6) is 0. The molecule has 1 aliphatic rings. The van der Waals surface area contributed by atoms with Crippen LogP contribution in [-0.2, 0) is 6.54 Å². The molecule has 1 aromatic heterocycles. The molecular formula is C23H25N3S2. The number of benzene rings is 2. The van der Waals surface area contributed by atoms with Crippen molar-refractivity contribution in [2.24, 2.45) is 0 Å². The average Bonchev–Trinajstić information content (AvgIpc) is 3.24. The van der Waals surface area contributed by atoms with Crippen molar-refractivity contribution in [2.75, 3.05) is 0 Å². The van der Waals surface area contributed by atoms with Crippen LogP contribution in [0.4, 0.5) is 0 Å². The van der Waals surface area contributed by atoms with E-state index >= 15 is 0 Å². The van der Waals surface area contributed by atoms with Gasteiger partial charge in [0.2, 0.25) is 0 Å². The first-order valence-corrected chi connectivity index (χ1v) is 11.2. The SMILES string of the molecule is S=C(NCc1ccc(-c2nc(-c3ccccc3)cs2)cc1)NC1CCCCC1. The molecule has 4 rings (SSSR count). The van der Waals surface area contributed by atoms with Crippen molar-refractivity contribution in [1.82, 2.24) is 15.6 Å². The van der Waals surface area contributed by atoms with Crippen LogP contribution in [0.3, 0.4) is 0 Å². The van der Waals surface area contributed by atoms with E-state index in [0.717, 1.165) is 33.5 Å². The van der Waals surface area contributed by atoms with Crippen molar-refractivity contribution in [2.45, 2.75) is 44.7 Å². The molecule has 2 N–H and O–H groups in total. The van der Waals surface area contributed by atoms with Gasteiger partial charge in [0.25, 0.3) is 0 Å². The van der Waals surface area contributed by atoms with Gasteiger partial charge in [0.1, 0.15) is 5.01 Å². The molecule has 3 aromatic rings. The van der Waals surface area contributed by atoms with Crippen LogP contribution in [0.5, 0.6) is 0 Å². The Balaban J connectivity index is 1.32. The Morgan fingerprint density at radius 1 is 0.964 bits per heavy atom. The first-order valence-electron chi connectivity index (χ1n) is 9.92. The summed E-state index contributed by atoms with van der Waals surface area (Å²) < 4.78 is 0. The lowest BCUT2D eigenvalue weighted by Crippen LogP contribution is -2.42. The number of thiocarbonyl (C=S) groups is 1. The van der Waals surface area contributed by atoms with Gasteiger partial charge in [0, 0.05) is 29.1 Å². The normalized spacial score (nSPS) is 14.6. The zero-order chi connectivity index (χ0) is 19.2. The highest BCUT2D eigenvalue weighted by Crippen LogP contribution is 2.28. The molecule has 0 aliphatic heterocycles. The van der Waals surface area contributed by atoms with Crippen molar-refractivity contribution in [3.63, 3.8) is 0 Å². The van der Waals surface area contributed by atoms with Crippen molar-refractivity contribution in [3.05, 3.63) is 65.5 Å². The van der Waals surface area contributed by atoms with Gasteiger partial charge < -0.3 is 10.6 Å². The highest BCUT2D eigenvalue weighted by atomic mass is 32.1. The second-order valence-electron chi connectivity index (χ2n) is 7.26. The second-order valence-corrected chi connectivity index (χ2v) is 8.53. The molecule has 28 heavy (non-hydrogen) atoms. The van der Waals surface area contributed by atoms with E-state index in [1.54, 1.807) is 11.3 Å². The number of nitrogens with one attached hydrogen (secondary N) is 2. The molecule has 0 spiro atoms. The highest BCUT2D eigenvalue weighted by molar-refractivity contribution is 7.80. The fourth-order valence-electron chi connectivity index (χ4n) is 3.58. The smallest absolute Gasteiger partial charge is 0.166 e. The Morgan fingerprint density at radius 3 is 2.46 bits per heavy atom. The van der Waals surface area contributed by atoms with E-state index in [1.165, 1.54) is 37.7 Å². The van der Waals surface area contributed by atoms with Crippen molar-refractivity contribution in [1.29, 1.82) is 0 Å². The largest absolute Gasteiger partial charge is 0.360 e. The molecule has 1 saturated carbocycles. The number of aromatic nitrogens is 1. The quantitative estimate of drug-likeness (QED) is 0.526. The summed E-state index contributed by atoms with van der Waals surface area (Å²) in [5.41, 5.74) is 4.56. The predicted molar refractivity (Wildman–Crippen MR) is 122 cm³/mol. The number of thiazole rings is 1. The van der Waals surface area contributed by atoms with Crippen LogP contribution in [0.1, 0.15) is 37.7 Å². The first kappa shape index (κ1) is 19.1. The first-order chi connectivity index (χ1) is 13.8.